The minimum Gasteiger partial charge on any atom is -0.416 e. The maximum Gasteiger partial charge on any atom is 0.251 e. The summed E-state index contributed by atoms with van der Waals surface area (Å²) in [7, 11) is 4.03. The molecule has 0 spiro atoms. The highest BCUT2D eigenvalue weighted by molar-refractivity contribution is 7.08. The third-order valence-corrected chi connectivity index (χ3v) is 5.79. The fourth-order valence-corrected chi connectivity index (χ4v) is 4.06. The Hall–Kier alpha value is -3.29. The first-order valence-corrected chi connectivity index (χ1v) is 10.9. The van der Waals surface area contributed by atoms with Crippen LogP contribution in [0, 0.1) is 6.92 Å². The van der Waals surface area contributed by atoms with Crippen LogP contribution in [0.25, 0.3) is 22.9 Å². The van der Waals surface area contributed by atoms with Crippen LogP contribution in [0.15, 0.2) is 69.8 Å². The number of aryl methyl sites for hydroxylation is 1. The van der Waals surface area contributed by atoms with Crippen LogP contribution >= 0.6 is 11.3 Å². The smallest absolute Gasteiger partial charge is 0.251 e. The Morgan fingerprint density at radius 1 is 1.06 bits per heavy atom. The van der Waals surface area contributed by atoms with E-state index in [1.165, 1.54) is 5.56 Å². The Labute approximate surface area is 185 Å². The number of hydrogen-bond acceptors (Lipinski definition) is 6. The lowest BCUT2D eigenvalue weighted by molar-refractivity contribution is 0.0942. The van der Waals surface area contributed by atoms with E-state index in [-0.39, 0.29) is 11.9 Å². The summed E-state index contributed by atoms with van der Waals surface area (Å²) >= 11 is 1.66. The van der Waals surface area contributed by atoms with Crippen molar-refractivity contribution in [3.8, 4) is 22.9 Å². The number of benzene rings is 2. The molecule has 6 nitrogen and oxygen atoms in total. The van der Waals surface area contributed by atoms with Crippen LogP contribution < -0.4 is 5.32 Å². The van der Waals surface area contributed by atoms with Gasteiger partial charge in [-0.2, -0.15) is 11.3 Å². The zero-order valence-electron chi connectivity index (χ0n) is 17.7. The van der Waals surface area contributed by atoms with E-state index in [1.54, 1.807) is 23.5 Å². The molecule has 0 bridgehead atoms. The van der Waals surface area contributed by atoms with E-state index in [9.17, 15) is 4.79 Å². The zero-order valence-corrected chi connectivity index (χ0v) is 18.5. The van der Waals surface area contributed by atoms with E-state index in [4.69, 9.17) is 4.42 Å². The molecular formula is C24H24N4O2S. The summed E-state index contributed by atoms with van der Waals surface area (Å²) in [6, 6.07) is 17.3. The first-order chi connectivity index (χ1) is 15.0. The van der Waals surface area contributed by atoms with Crippen molar-refractivity contribution >= 4 is 17.2 Å². The van der Waals surface area contributed by atoms with E-state index in [0.717, 1.165) is 16.7 Å². The number of nitrogens with one attached hydrogen (secondary N) is 1. The predicted octanol–water partition coefficient (Wildman–Crippen LogP) is 4.81. The number of hydrogen-bond donors (Lipinski definition) is 1. The van der Waals surface area contributed by atoms with E-state index < -0.39 is 0 Å². The molecule has 1 atom stereocenters. The van der Waals surface area contributed by atoms with Crippen molar-refractivity contribution in [3.05, 3.63) is 82.0 Å². The Kier molecular flexibility index (Phi) is 6.25. The lowest BCUT2D eigenvalue weighted by Gasteiger charge is -2.24. The summed E-state index contributed by atoms with van der Waals surface area (Å²) in [5, 5.41) is 15.5. The van der Waals surface area contributed by atoms with Crippen molar-refractivity contribution in [2.24, 2.45) is 0 Å². The molecule has 0 radical (unpaired) electrons. The largest absolute Gasteiger partial charge is 0.416 e. The second-order valence-corrected chi connectivity index (χ2v) is 8.39. The first-order valence-electron chi connectivity index (χ1n) is 9.99. The molecule has 1 N–H and O–H groups in total. The van der Waals surface area contributed by atoms with Crippen LogP contribution in [-0.4, -0.2) is 41.6 Å². The summed E-state index contributed by atoms with van der Waals surface area (Å²) in [6.45, 7) is 2.56. The molecular weight excluding hydrogens is 408 g/mol. The molecule has 0 saturated heterocycles. The van der Waals surface area contributed by atoms with Gasteiger partial charge in [0.1, 0.15) is 0 Å². The van der Waals surface area contributed by atoms with Gasteiger partial charge < -0.3 is 14.6 Å². The van der Waals surface area contributed by atoms with Gasteiger partial charge in [-0.05, 0) is 79.8 Å². The van der Waals surface area contributed by atoms with Gasteiger partial charge in [-0.15, -0.1) is 10.2 Å². The minimum absolute atomic E-state index is 0.111. The lowest BCUT2D eigenvalue weighted by atomic mass is 10.1. The molecule has 0 aliphatic rings. The summed E-state index contributed by atoms with van der Waals surface area (Å²) in [5.74, 6) is 0.789. The van der Waals surface area contributed by atoms with Gasteiger partial charge in [0.05, 0.1) is 6.04 Å². The fourth-order valence-electron chi connectivity index (χ4n) is 3.35. The van der Waals surface area contributed by atoms with Gasteiger partial charge in [-0.1, -0.05) is 17.7 Å². The number of aromatic nitrogens is 2. The van der Waals surface area contributed by atoms with E-state index >= 15 is 0 Å². The Morgan fingerprint density at radius 3 is 2.45 bits per heavy atom. The highest BCUT2D eigenvalue weighted by atomic mass is 32.1. The standard InChI is InChI=1S/C24H24N4O2S/c1-16-5-4-6-19(13-16)24-27-26-23(30-24)18-9-7-17(8-10-18)22(29)25-14-21(28(2)3)20-11-12-31-15-20/h4-13,15,21H,14H2,1-3H3,(H,25,29)/t21-/m0/s1. The Balaban J connectivity index is 1.43. The molecule has 158 valence electrons. The SMILES string of the molecule is Cc1cccc(-c2nnc(-c3ccc(C(=O)NC[C@@H](c4ccsc4)N(C)C)cc3)o2)c1. The predicted molar refractivity (Wildman–Crippen MR) is 123 cm³/mol. The fraction of sp³-hybridized carbons (Fsp3) is 0.208. The quantitative estimate of drug-likeness (QED) is 0.454. The van der Waals surface area contributed by atoms with Gasteiger partial charge >= 0.3 is 0 Å². The summed E-state index contributed by atoms with van der Waals surface area (Å²) < 4.78 is 5.83. The van der Waals surface area contributed by atoms with Crippen molar-refractivity contribution in [2.45, 2.75) is 13.0 Å². The number of carbonyl (C=O) groups is 1. The molecule has 7 heteroatoms. The van der Waals surface area contributed by atoms with Crippen molar-refractivity contribution in [2.75, 3.05) is 20.6 Å². The van der Waals surface area contributed by atoms with Crippen LogP contribution in [0.4, 0.5) is 0 Å². The molecule has 0 saturated carbocycles. The molecule has 0 fully saturated rings. The van der Waals surface area contributed by atoms with E-state index in [0.29, 0.717) is 23.9 Å². The Bertz CT molecular complexity index is 1150. The molecule has 0 aliphatic carbocycles. The van der Waals surface area contributed by atoms with Gasteiger partial charge in [0, 0.05) is 23.2 Å². The third-order valence-electron chi connectivity index (χ3n) is 5.09. The molecule has 0 aliphatic heterocycles. The normalized spacial score (nSPS) is 12.1. The van der Waals surface area contributed by atoms with Crippen molar-refractivity contribution < 1.29 is 9.21 Å². The first kappa shape index (κ1) is 21.0. The molecule has 0 unspecified atom stereocenters. The number of rotatable bonds is 7. The molecule has 1 amide bonds. The van der Waals surface area contributed by atoms with E-state index in [2.05, 4.69) is 31.9 Å². The molecule has 4 aromatic rings. The number of nitrogens with zero attached hydrogens (tertiary/aromatic N) is 3. The monoisotopic (exact) mass is 432 g/mol. The second-order valence-electron chi connectivity index (χ2n) is 7.61. The summed E-state index contributed by atoms with van der Waals surface area (Å²) in [4.78, 5) is 14.7. The van der Waals surface area contributed by atoms with Gasteiger partial charge in [0.15, 0.2) is 0 Å². The van der Waals surface area contributed by atoms with E-state index in [1.807, 2.05) is 62.8 Å². The summed E-state index contributed by atoms with van der Waals surface area (Å²) in [5.41, 5.74) is 4.57. The number of carbonyl (C=O) groups excluding carboxylic acids is 1. The van der Waals surface area contributed by atoms with Crippen LogP contribution in [0.2, 0.25) is 0 Å². The number of thiophene rings is 1. The van der Waals surface area contributed by atoms with Crippen LogP contribution in [0.3, 0.4) is 0 Å². The second kappa shape index (κ2) is 9.24. The topological polar surface area (TPSA) is 71.3 Å². The van der Waals surface area contributed by atoms with Gasteiger partial charge in [-0.3, -0.25) is 4.79 Å². The lowest BCUT2D eigenvalue weighted by Crippen LogP contribution is -2.34. The van der Waals surface area contributed by atoms with Crippen LogP contribution in [0.5, 0.6) is 0 Å². The van der Waals surface area contributed by atoms with Crippen LogP contribution in [0.1, 0.15) is 27.5 Å². The highest BCUT2D eigenvalue weighted by Gasteiger charge is 2.17. The summed E-state index contributed by atoms with van der Waals surface area (Å²) in [6.07, 6.45) is 0. The molecule has 2 aromatic heterocycles. The van der Waals surface area contributed by atoms with Gasteiger partial charge in [-0.25, -0.2) is 0 Å². The van der Waals surface area contributed by atoms with Gasteiger partial charge in [0.2, 0.25) is 11.8 Å². The molecule has 4 rings (SSSR count). The average Bonchev–Trinajstić information content (AvgIpc) is 3.46. The van der Waals surface area contributed by atoms with Gasteiger partial charge in [0.25, 0.3) is 5.91 Å². The average molecular weight is 433 g/mol. The maximum absolute atomic E-state index is 12.6. The van der Waals surface area contributed by atoms with Crippen molar-refractivity contribution in [3.63, 3.8) is 0 Å². The van der Waals surface area contributed by atoms with Crippen LogP contribution in [-0.2, 0) is 0 Å². The Morgan fingerprint density at radius 2 is 1.81 bits per heavy atom. The molecule has 31 heavy (non-hydrogen) atoms. The maximum atomic E-state index is 12.6. The van der Waals surface area contributed by atoms with Crippen molar-refractivity contribution in [1.29, 1.82) is 0 Å². The van der Waals surface area contributed by atoms with Crippen molar-refractivity contribution in [1.82, 2.24) is 20.4 Å². The number of amides is 1. The molecule has 2 aromatic carbocycles. The minimum atomic E-state index is -0.111. The number of likely N-dealkylation sites (N-methyl/N-ethyl adjacent to an activating group) is 1. The highest BCUT2D eigenvalue weighted by Crippen LogP contribution is 2.25. The molecule has 2 heterocycles. The zero-order chi connectivity index (χ0) is 21.8. The third kappa shape index (κ3) is 4.90.